The van der Waals surface area contributed by atoms with Crippen molar-refractivity contribution >= 4 is 0 Å². The summed E-state index contributed by atoms with van der Waals surface area (Å²) in [6.07, 6.45) is -9.59. The van der Waals surface area contributed by atoms with Crippen molar-refractivity contribution in [3.63, 3.8) is 0 Å². The van der Waals surface area contributed by atoms with Crippen LogP contribution in [0.1, 0.15) is 80.2 Å². The van der Waals surface area contributed by atoms with Crippen LogP contribution in [0.15, 0.2) is 42.5 Å². The van der Waals surface area contributed by atoms with E-state index < -0.39 is 40.9 Å². The summed E-state index contributed by atoms with van der Waals surface area (Å²) in [6, 6.07) is 13.4. The Bertz CT molecular complexity index is 974. The molecule has 8 heteroatoms. The van der Waals surface area contributed by atoms with Gasteiger partial charge in [-0.2, -0.15) is 31.6 Å². The zero-order valence-electron chi connectivity index (χ0n) is 19.8. The molecule has 0 heterocycles. The van der Waals surface area contributed by atoms with E-state index in [1.54, 1.807) is 0 Å². The molecule has 0 aliphatic carbocycles. The summed E-state index contributed by atoms with van der Waals surface area (Å²) in [6.45, 7) is 8.25. The Labute approximate surface area is 197 Å². The minimum atomic E-state index is -5.19. The maximum absolute atomic E-state index is 13.8. The van der Waals surface area contributed by atoms with Crippen molar-refractivity contribution < 1.29 is 26.3 Å². The average Bonchev–Trinajstić information content (AvgIpc) is 2.76. The van der Waals surface area contributed by atoms with Gasteiger partial charge < -0.3 is 0 Å². The van der Waals surface area contributed by atoms with Crippen LogP contribution in [0.25, 0.3) is 0 Å². The molecule has 2 unspecified atom stereocenters. The van der Waals surface area contributed by atoms with E-state index in [9.17, 15) is 31.6 Å². The number of nitriles is 1. The van der Waals surface area contributed by atoms with Gasteiger partial charge in [0.1, 0.15) is 0 Å². The topological polar surface area (TPSA) is 27.0 Å². The van der Waals surface area contributed by atoms with E-state index in [-0.39, 0.29) is 18.0 Å². The van der Waals surface area contributed by atoms with Gasteiger partial charge in [-0.05, 0) is 55.0 Å². The Morgan fingerprint density at radius 2 is 1.50 bits per heavy atom. The number of hydrogen-bond donors (Lipinski definition) is 0. The van der Waals surface area contributed by atoms with Crippen LogP contribution in [0, 0.1) is 11.3 Å². The number of rotatable bonds is 9. The molecule has 0 aliphatic rings. The lowest BCUT2D eigenvalue weighted by Gasteiger charge is -2.29. The van der Waals surface area contributed by atoms with E-state index in [1.165, 1.54) is 13.8 Å². The SMILES string of the molecule is CCN(Cc1ccccc1)C(C)CCC(C#N)c1ccc(C(F)(F)F)c(C(F)(F)F)c1C(C)C. The fourth-order valence-corrected chi connectivity index (χ4v) is 4.38. The first kappa shape index (κ1) is 27.7. The first-order valence-corrected chi connectivity index (χ1v) is 11.3. The molecule has 0 N–H and O–H groups in total. The quantitative estimate of drug-likeness (QED) is 0.336. The van der Waals surface area contributed by atoms with Gasteiger partial charge in [-0.3, -0.25) is 4.90 Å². The minimum Gasteiger partial charge on any atom is -0.297 e. The molecule has 2 aromatic carbocycles. The third kappa shape index (κ3) is 6.75. The second-order valence-corrected chi connectivity index (χ2v) is 8.80. The van der Waals surface area contributed by atoms with Crippen LogP contribution < -0.4 is 0 Å². The van der Waals surface area contributed by atoms with Gasteiger partial charge in [0, 0.05) is 12.6 Å². The third-order valence-corrected chi connectivity index (χ3v) is 6.11. The molecule has 0 fully saturated rings. The van der Waals surface area contributed by atoms with Crippen molar-refractivity contribution in [1.82, 2.24) is 4.90 Å². The third-order valence-electron chi connectivity index (χ3n) is 6.11. The highest BCUT2D eigenvalue weighted by Gasteiger charge is 2.46. The predicted octanol–water partition coefficient (Wildman–Crippen LogP) is 8.15. The lowest BCUT2D eigenvalue weighted by atomic mass is 9.81. The lowest BCUT2D eigenvalue weighted by Crippen LogP contribution is -2.32. The van der Waals surface area contributed by atoms with Crippen molar-refractivity contribution in [2.75, 3.05) is 6.54 Å². The van der Waals surface area contributed by atoms with Crippen LogP contribution in [0.4, 0.5) is 26.3 Å². The minimum absolute atomic E-state index is 0.0242. The zero-order chi connectivity index (χ0) is 25.7. The second kappa shape index (κ2) is 11.3. The smallest absolute Gasteiger partial charge is 0.297 e. The fraction of sp³-hybridized carbons (Fsp3) is 0.500. The molecule has 0 spiro atoms. The first-order valence-electron chi connectivity index (χ1n) is 11.3. The maximum Gasteiger partial charge on any atom is 0.417 e. The number of halogens is 6. The van der Waals surface area contributed by atoms with Crippen LogP contribution in [0.3, 0.4) is 0 Å². The monoisotopic (exact) mass is 484 g/mol. The molecular weight excluding hydrogens is 454 g/mol. The molecular formula is C26H30F6N2. The molecule has 0 radical (unpaired) electrons. The van der Waals surface area contributed by atoms with Gasteiger partial charge in [-0.1, -0.05) is 57.2 Å². The molecule has 2 rings (SSSR count). The molecule has 2 nitrogen and oxygen atoms in total. The highest BCUT2D eigenvalue weighted by Crippen LogP contribution is 2.46. The van der Waals surface area contributed by atoms with Crippen LogP contribution in [-0.4, -0.2) is 17.5 Å². The van der Waals surface area contributed by atoms with Crippen LogP contribution in [-0.2, 0) is 18.9 Å². The molecule has 34 heavy (non-hydrogen) atoms. The van der Waals surface area contributed by atoms with Gasteiger partial charge in [0.05, 0.1) is 23.1 Å². The van der Waals surface area contributed by atoms with Crippen molar-refractivity contribution in [3.05, 3.63) is 70.3 Å². The van der Waals surface area contributed by atoms with Crippen molar-refractivity contribution in [2.24, 2.45) is 0 Å². The standard InChI is InChI=1S/C26H30F6N2/c1-5-34(16-19-9-7-6-8-10-19)18(4)11-12-20(15-33)21-13-14-22(25(27,28)29)24(26(30,31)32)23(21)17(2)3/h6-10,13-14,17-18,20H,5,11-12,16H2,1-4H3. The molecule has 0 amide bonds. The number of benzene rings is 2. The van der Waals surface area contributed by atoms with Crippen LogP contribution in [0.2, 0.25) is 0 Å². The van der Waals surface area contributed by atoms with E-state index in [0.29, 0.717) is 19.0 Å². The molecule has 2 atom stereocenters. The first-order chi connectivity index (χ1) is 15.8. The highest BCUT2D eigenvalue weighted by molar-refractivity contribution is 5.48. The van der Waals surface area contributed by atoms with Crippen LogP contribution >= 0.6 is 0 Å². The summed E-state index contributed by atoms with van der Waals surface area (Å²) in [5.41, 5.74) is -2.69. The number of alkyl halides is 6. The van der Waals surface area contributed by atoms with E-state index >= 15 is 0 Å². The second-order valence-electron chi connectivity index (χ2n) is 8.80. The van der Waals surface area contributed by atoms with Gasteiger partial charge in [-0.15, -0.1) is 0 Å². The van der Waals surface area contributed by atoms with E-state index in [0.717, 1.165) is 18.2 Å². The normalized spacial score (nSPS) is 14.3. The fourth-order valence-electron chi connectivity index (χ4n) is 4.38. The van der Waals surface area contributed by atoms with E-state index in [1.807, 2.05) is 50.2 Å². The predicted molar refractivity (Wildman–Crippen MR) is 120 cm³/mol. The average molecular weight is 485 g/mol. The van der Waals surface area contributed by atoms with Crippen molar-refractivity contribution in [3.8, 4) is 6.07 Å². The molecule has 0 saturated carbocycles. The van der Waals surface area contributed by atoms with Gasteiger partial charge >= 0.3 is 12.4 Å². The lowest BCUT2D eigenvalue weighted by molar-refractivity contribution is -0.162. The van der Waals surface area contributed by atoms with Gasteiger partial charge in [0.15, 0.2) is 0 Å². The summed E-state index contributed by atoms with van der Waals surface area (Å²) in [5, 5.41) is 9.79. The summed E-state index contributed by atoms with van der Waals surface area (Å²) < 4.78 is 81.8. The van der Waals surface area contributed by atoms with Crippen LogP contribution in [0.5, 0.6) is 0 Å². The maximum atomic E-state index is 13.8. The summed E-state index contributed by atoms with van der Waals surface area (Å²) in [7, 11) is 0. The van der Waals surface area contributed by atoms with Gasteiger partial charge in [-0.25, -0.2) is 0 Å². The Morgan fingerprint density at radius 1 is 0.882 bits per heavy atom. The summed E-state index contributed by atoms with van der Waals surface area (Å²) in [4.78, 5) is 2.20. The Balaban J connectivity index is 2.36. The highest BCUT2D eigenvalue weighted by atomic mass is 19.4. The van der Waals surface area contributed by atoms with E-state index in [4.69, 9.17) is 0 Å². The number of hydrogen-bond acceptors (Lipinski definition) is 2. The van der Waals surface area contributed by atoms with E-state index in [2.05, 4.69) is 4.90 Å². The van der Waals surface area contributed by atoms with Crippen molar-refractivity contribution in [2.45, 2.75) is 77.3 Å². The Morgan fingerprint density at radius 3 is 1.97 bits per heavy atom. The number of nitrogens with zero attached hydrogens (tertiary/aromatic N) is 2. The van der Waals surface area contributed by atoms with Gasteiger partial charge in [0.2, 0.25) is 0 Å². The Hall–Kier alpha value is -2.53. The molecule has 186 valence electrons. The Kier molecular flexibility index (Phi) is 9.18. The largest absolute Gasteiger partial charge is 0.417 e. The molecule has 2 aromatic rings. The summed E-state index contributed by atoms with van der Waals surface area (Å²) >= 11 is 0. The zero-order valence-corrected chi connectivity index (χ0v) is 19.8. The van der Waals surface area contributed by atoms with Crippen molar-refractivity contribution in [1.29, 1.82) is 5.26 Å². The molecule has 0 aliphatic heterocycles. The molecule has 0 saturated heterocycles. The summed E-state index contributed by atoms with van der Waals surface area (Å²) in [5.74, 6) is -1.79. The van der Waals surface area contributed by atoms with Gasteiger partial charge in [0.25, 0.3) is 0 Å². The molecule has 0 aromatic heterocycles. The molecule has 0 bridgehead atoms.